The Morgan fingerprint density at radius 3 is 1.53 bits per heavy atom. The summed E-state index contributed by atoms with van der Waals surface area (Å²) in [7, 11) is 0. The van der Waals surface area contributed by atoms with Gasteiger partial charge in [-0.1, -0.05) is 24.3 Å². The second-order valence-electron chi connectivity index (χ2n) is 7.70. The monoisotopic (exact) mass is 459 g/mol. The van der Waals surface area contributed by atoms with Crippen molar-refractivity contribution >= 4 is 0 Å². The number of ether oxygens (including phenoxy) is 2. The maximum atomic E-state index is 14.6. The predicted molar refractivity (Wildman–Crippen MR) is 122 cm³/mol. The number of rotatable bonds is 8. The summed E-state index contributed by atoms with van der Waals surface area (Å²) in [6.07, 6.45) is 0.365. The van der Waals surface area contributed by atoms with Crippen LogP contribution < -0.4 is 9.47 Å². The molecule has 0 atom stereocenters. The van der Waals surface area contributed by atoms with E-state index in [0.29, 0.717) is 45.7 Å². The molecule has 34 heavy (non-hydrogen) atoms. The van der Waals surface area contributed by atoms with Crippen LogP contribution in [0.2, 0.25) is 0 Å². The Hall–Kier alpha value is -4.24. The van der Waals surface area contributed by atoms with Gasteiger partial charge >= 0.3 is 0 Å². The Morgan fingerprint density at radius 2 is 1.09 bits per heavy atom. The number of hydrogen-bond acceptors (Lipinski definition) is 3. The summed E-state index contributed by atoms with van der Waals surface area (Å²) in [6, 6.07) is 23.8. The topological polar surface area (TPSA) is 42.2 Å². The SMILES string of the molecule is N#Cc1ccc(OCc2ccc(Cc3ccc(COc4ccc(F)cc4)c(F)c3)cc2F)cc1. The third-order valence-electron chi connectivity index (χ3n) is 5.23. The molecule has 4 aromatic rings. The molecular weight excluding hydrogens is 439 g/mol. The van der Waals surface area contributed by atoms with Gasteiger partial charge in [-0.2, -0.15) is 5.26 Å². The molecule has 0 aliphatic rings. The molecule has 0 saturated heterocycles. The number of benzene rings is 4. The molecule has 0 aromatic heterocycles. The first-order valence-corrected chi connectivity index (χ1v) is 10.6. The third-order valence-corrected chi connectivity index (χ3v) is 5.23. The van der Waals surface area contributed by atoms with Crippen LogP contribution in [0.15, 0.2) is 84.9 Å². The van der Waals surface area contributed by atoms with Gasteiger partial charge in [0.1, 0.15) is 42.2 Å². The molecular formula is C28H20F3NO2. The zero-order chi connectivity index (χ0) is 23.9. The molecule has 6 heteroatoms. The Labute approximate surface area is 195 Å². The molecule has 0 N–H and O–H groups in total. The molecule has 4 rings (SSSR count). The van der Waals surface area contributed by atoms with Gasteiger partial charge in [-0.3, -0.25) is 0 Å². The van der Waals surface area contributed by atoms with E-state index in [4.69, 9.17) is 14.7 Å². The molecule has 0 spiro atoms. The highest BCUT2D eigenvalue weighted by atomic mass is 19.1. The predicted octanol–water partition coefficient (Wildman–Crippen LogP) is 6.72. The highest BCUT2D eigenvalue weighted by molar-refractivity contribution is 5.35. The third kappa shape index (κ3) is 5.96. The standard InChI is InChI=1S/C28H20F3NO2/c29-24-7-11-26(12-8-24)34-18-23-6-2-21(15-28(23)31)13-20-1-5-22(27(30)14-20)17-33-25-9-3-19(16-32)4-10-25/h1-12,14-15H,13,17-18H2. The minimum absolute atomic E-state index is 0.0142. The second kappa shape index (κ2) is 10.6. The van der Waals surface area contributed by atoms with E-state index in [1.54, 1.807) is 48.5 Å². The van der Waals surface area contributed by atoms with Crippen molar-refractivity contribution in [3.8, 4) is 17.6 Å². The van der Waals surface area contributed by atoms with Crippen LogP contribution in [0.25, 0.3) is 0 Å². The normalized spacial score (nSPS) is 10.5. The van der Waals surface area contributed by atoms with Gasteiger partial charge in [0.15, 0.2) is 0 Å². The van der Waals surface area contributed by atoms with E-state index in [1.807, 2.05) is 6.07 Å². The fourth-order valence-electron chi connectivity index (χ4n) is 3.35. The lowest BCUT2D eigenvalue weighted by molar-refractivity contribution is 0.299. The fourth-order valence-corrected chi connectivity index (χ4v) is 3.35. The van der Waals surface area contributed by atoms with Crippen LogP contribution in [0.4, 0.5) is 13.2 Å². The van der Waals surface area contributed by atoms with Gasteiger partial charge < -0.3 is 9.47 Å². The van der Waals surface area contributed by atoms with E-state index in [2.05, 4.69) is 0 Å². The summed E-state index contributed by atoms with van der Waals surface area (Å²) < 4.78 is 53.1. The van der Waals surface area contributed by atoms with Crippen molar-refractivity contribution < 1.29 is 22.6 Å². The number of nitriles is 1. The second-order valence-corrected chi connectivity index (χ2v) is 7.70. The summed E-state index contributed by atoms with van der Waals surface area (Å²) in [5, 5.41) is 8.83. The molecule has 0 radical (unpaired) electrons. The number of nitrogens with zero attached hydrogens (tertiary/aromatic N) is 1. The molecule has 0 aliphatic carbocycles. The van der Waals surface area contributed by atoms with E-state index in [9.17, 15) is 13.2 Å². The van der Waals surface area contributed by atoms with Crippen LogP contribution in [0.1, 0.15) is 27.8 Å². The minimum Gasteiger partial charge on any atom is -0.489 e. The van der Waals surface area contributed by atoms with Crippen LogP contribution in [-0.2, 0) is 19.6 Å². The van der Waals surface area contributed by atoms with Gasteiger partial charge in [0.25, 0.3) is 0 Å². The summed E-state index contributed by atoms with van der Waals surface area (Å²) in [4.78, 5) is 0. The Bertz CT molecular complexity index is 1310. The van der Waals surface area contributed by atoms with Crippen molar-refractivity contribution in [2.24, 2.45) is 0 Å². The molecule has 0 heterocycles. The van der Waals surface area contributed by atoms with Crippen molar-refractivity contribution in [2.45, 2.75) is 19.6 Å². The first-order valence-electron chi connectivity index (χ1n) is 10.6. The largest absolute Gasteiger partial charge is 0.489 e. The summed E-state index contributed by atoms with van der Waals surface area (Å²) in [6.45, 7) is 0.0652. The quantitative estimate of drug-likeness (QED) is 0.294. The lowest BCUT2D eigenvalue weighted by Gasteiger charge is -2.10. The first-order chi connectivity index (χ1) is 16.5. The Kier molecular flexibility index (Phi) is 7.14. The summed E-state index contributed by atoms with van der Waals surface area (Å²) >= 11 is 0. The molecule has 0 fully saturated rings. The van der Waals surface area contributed by atoms with Gasteiger partial charge in [-0.25, -0.2) is 13.2 Å². The molecule has 0 amide bonds. The maximum absolute atomic E-state index is 14.6. The van der Waals surface area contributed by atoms with Gasteiger partial charge in [0, 0.05) is 11.1 Å². The molecule has 4 aromatic carbocycles. The van der Waals surface area contributed by atoms with Gasteiger partial charge in [-0.05, 0) is 78.2 Å². The van der Waals surface area contributed by atoms with Crippen LogP contribution in [-0.4, -0.2) is 0 Å². The van der Waals surface area contributed by atoms with Crippen LogP contribution in [0.3, 0.4) is 0 Å². The van der Waals surface area contributed by atoms with Gasteiger partial charge in [0.05, 0.1) is 11.6 Å². The molecule has 170 valence electrons. The van der Waals surface area contributed by atoms with Crippen molar-refractivity contribution in [3.63, 3.8) is 0 Å². The van der Waals surface area contributed by atoms with Crippen molar-refractivity contribution in [1.29, 1.82) is 5.26 Å². The molecule has 0 aliphatic heterocycles. The summed E-state index contributed by atoms with van der Waals surface area (Å²) in [5.74, 6) is -0.209. The van der Waals surface area contributed by atoms with E-state index in [1.165, 1.54) is 36.4 Å². The molecule has 0 unspecified atom stereocenters. The maximum Gasteiger partial charge on any atom is 0.130 e. The first kappa shape index (κ1) is 22.9. The number of halogens is 3. The molecule has 0 bridgehead atoms. The van der Waals surface area contributed by atoms with Crippen molar-refractivity contribution in [1.82, 2.24) is 0 Å². The Morgan fingerprint density at radius 1 is 0.618 bits per heavy atom. The fraction of sp³-hybridized carbons (Fsp3) is 0.107. The van der Waals surface area contributed by atoms with Crippen molar-refractivity contribution in [3.05, 3.63) is 130 Å². The highest BCUT2D eigenvalue weighted by Crippen LogP contribution is 2.20. The minimum atomic E-state index is -0.424. The van der Waals surface area contributed by atoms with E-state index < -0.39 is 11.6 Å². The van der Waals surface area contributed by atoms with Gasteiger partial charge in [-0.15, -0.1) is 0 Å². The van der Waals surface area contributed by atoms with Crippen LogP contribution >= 0.6 is 0 Å². The lowest BCUT2D eigenvalue weighted by Crippen LogP contribution is -2.01. The number of hydrogen-bond donors (Lipinski definition) is 0. The summed E-state index contributed by atoms with van der Waals surface area (Å²) in [5.41, 5.74) is 2.69. The Balaban J connectivity index is 1.35. The average Bonchev–Trinajstić information content (AvgIpc) is 2.84. The lowest BCUT2D eigenvalue weighted by atomic mass is 10.0. The highest BCUT2D eigenvalue weighted by Gasteiger charge is 2.09. The van der Waals surface area contributed by atoms with Crippen LogP contribution in [0, 0.1) is 28.8 Å². The van der Waals surface area contributed by atoms with E-state index in [0.717, 1.165) is 0 Å². The zero-order valence-electron chi connectivity index (χ0n) is 18.1. The van der Waals surface area contributed by atoms with Crippen LogP contribution in [0.5, 0.6) is 11.5 Å². The average molecular weight is 459 g/mol. The van der Waals surface area contributed by atoms with Gasteiger partial charge in [0.2, 0.25) is 0 Å². The zero-order valence-corrected chi connectivity index (χ0v) is 18.1. The van der Waals surface area contributed by atoms with E-state index >= 15 is 0 Å². The van der Waals surface area contributed by atoms with E-state index in [-0.39, 0.29) is 19.0 Å². The smallest absolute Gasteiger partial charge is 0.130 e. The van der Waals surface area contributed by atoms with Crippen molar-refractivity contribution in [2.75, 3.05) is 0 Å². The molecule has 0 saturated carbocycles. The molecule has 3 nitrogen and oxygen atoms in total.